The molecule has 1 unspecified atom stereocenters. The zero-order chi connectivity index (χ0) is 13.9. The van der Waals surface area contributed by atoms with Crippen LogP contribution in [0.4, 0.5) is 0 Å². The molecule has 0 N–H and O–H groups in total. The number of benzene rings is 2. The number of ether oxygens (including phenoxy) is 1. The Morgan fingerprint density at radius 3 is 2.00 bits per heavy atom. The molecule has 104 valence electrons. The average Bonchev–Trinajstić information content (AvgIpc) is 2.49. The zero-order valence-electron chi connectivity index (χ0n) is 12.3. The van der Waals surface area contributed by atoms with Crippen molar-refractivity contribution >= 4 is 0 Å². The van der Waals surface area contributed by atoms with Gasteiger partial charge in [-0.05, 0) is 42.4 Å². The van der Waals surface area contributed by atoms with Crippen LogP contribution < -0.4 is 0 Å². The standard InChI is InChI=1S/C19H22O/c1-14-3-6-16(7-4-14)17-8-10-18(11-9-17)19-12-5-15(2)13-20-19/h3-4,6-11,15,19H,5,12-13H2,1-2H3/t15-,19?/m1/s1. The van der Waals surface area contributed by atoms with Crippen LogP contribution in [-0.4, -0.2) is 6.61 Å². The van der Waals surface area contributed by atoms with Crippen LogP contribution in [-0.2, 0) is 4.74 Å². The fourth-order valence-electron chi connectivity index (χ4n) is 2.78. The van der Waals surface area contributed by atoms with Crippen LogP contribution in [0.5, 0.6) is 0 Å². The highest BCUT2D eigenvalue weighted by molar-refractivity contribution is 5.64. The lowest BCUT2D eigenvalue weighted by Gasteiger charge is -2.27. The molecule has 2 atom stereocenters. The highest BCUT2D eigenvalue weighted by Crippen LogP contribution is 2.31. The molecule has 0 saturated carbocycles. The van der Waals surface area contributed by atoms with E-state index in [1.165, 1.54) is 28.7 Å². The highest BCUT2D eigenvalue weighted by Gasteiger charge is 2.19. The molecule has 2 aromatic carbocycles. The van der Waals surface area contributed by atoms with Gasteiger partial charge in [0.1, 0.15) is 0 Å². The maximum absolute atomic E-state index is 5.94. The van der Waals surface area contributed by atoms with Crippen LogP contribution in [0.1, 0.15) is 37.0 Å². The molecule has 1 nitrogen and oxygen atoms in total. The summed E-state index contributed by atoms with van der Waals surface area (Å²) in [5.74, 6) is 0.707. The molecular formula is C19H22O. The maximum atomic E-state index is 5.94. The molecule has 0 aromatic heterocycles. The van der Waals surface area contributed by atoms with Crippen LogP contribution in [0.2, 0.25) is 0 Å². The molecule has 1 fully saturated rings. The van der Waals surface area contributed by atoms with E-state index in [2.05, 4.69) is 62.4 Å². The van der Waals surface area contributed by atoms with Gasteiger partial charge in [0.25, 0.3) is 0 Å². The molecule has 0 spiro atoms. The molecule has 0 radical (unpaired) electrons. The molecule has 0 amide bonds. The fourth-order valence-corrected chi connectivity index (χ4v) is 2.78. The molecule has 0 bridgehead atoms. The van der Waals surface area contributed by atoms with E-state index in [1.807, 2.05) is 0 Å². The summed E-state index contributed by atoms with van der Waals surface area (Å²) in [6, 6.07) is 17.5. The van der Waals surface area contributed by atoms with Gasteiger partial charge in [0, 0.05) is 6.61 Å². The summed E-state index contributed by atoms with van der Waals surface area (Å²) in [7, 11) is 0. The van der Waals surface area contributed by atoms with Crippen LogP contribution in [0.3, 0.4) is 0 Å². The third-order valence-electron chi connectivity index (χ3n) is 4.17. The van der Waals surface area contributed by atoms with Crippen LogP contribution in [0, 0.1) is 12.8 Å². The van der Waals surface area contributed by atoms with Crippen molar-refractivity contribution in [3.63, 3.8) is 0 Å². The molecular weight excluding hydrogens is 244 g/mol. The van der Waals surface area contributed by atoms with Gasteiger partial charge in [-0.3, -0.25) is 0 Å². The lowest BCUT2D eigenvalue weighted by atomic mass is 9.94. The van der Waals surface area contributed by atoms with Gasteiger partial charge < -0.3 is 4.74 Å². The first kappa shape index (κ1) is 13.4. The molecule has 3 rings (SSSR count). The first-order valence-corrected chi connectivity index (χ1v) is 7.51. The molecule has 0 aliphatic carbocycles. The lowest BCUT2D eigenvalue weighted by Crippen LogP contribution is -2.18. The molecule has 1 aliphatic rings. The second kappa shape index (κ2) is 5.80. The topological polar surface area (TPSA) is 9.23 Å². The number of aryl methyl sites for hydroxylation is 1. The second-order valence-corrected chi connectivity index (χ2v) is 5.99. The third-order valence-corrected chi connectivity index (χ3v) is 4.17. The van der Waals surface area contributed by atoms with Gasteiger partial charge in [0.05, 0.1) is 6.10 Å². The minimum atomic E-state index is 0.290. The van der Waals surface area contributed by atoms with Crippen molar-refractivity contribution in [3.05, 3.63) is 59.7 Å². The first-order valence-electron chi connectivity index (χ1n) is 7.51. The second-order valence-electron chi connectivity index (χ2n) is 5.99. The Bertz CT molecular complexity index is 545. The van der Waals surface area contributed by atoms with Crippen molar-refractivity contribution < 1.29 is 4.74 Å². The summed E-state index contributed by atoms with van der Waals surface area (Å²) < 4.78 is 5.94. The van der Waals surface area contributed by atoms with Crippen LogP contribution >= 0.6 is 0 Å². The zero-order valence-corrected chi connectivity index (χ0v) is 12.3. The van der Waals surface area contributed by atoms with E-state index in [-0.39, 0.29) is 0 Å². The summed E-state index contributed by atoms with van der Waals surface area (Å²) in [5.41, 5.74) is 5.17. The molecule has 1 heterocycles. The molecule has 1 heteroatoms. The van der Waals surface area contributed by atoms with E-state index < -0.39 is 0 Å². The summed E-state index contributed by atoms with van der Waals surface area (Å²) in [5, 5.41) is 0. The van der Waals surface area contributed by atoms with Gasteiger partial charge in [-0.2, -0.15) is 0 Å². The normalized spacial score (nSPS) is 22.7. The predicted molar refractivity (Wildman–Crippen MR) is 83.7 cm³/mol. The fraction of sp³-hybridized carbons (Fsp3) is 0.368. The van der Waals surface area contributed by atoms with Crippen molar-refractivity contribution in [2.24, 2.45) is 5.92 Å². The molecule has 20 heavy (non-hydrogen) atoms. The number of hydrogen-bond acceptors (Lipinski definition) is 1. The summed E-state index contributed by atoms with van der Waals surface area (Å²) >= 11 is 0. The van der Waals surface area contributed by atoms with Gasteiger partial charge in [-0.25, -0.2) is 0 Å². The Kier molecular flexibility index (Phi) is 3.88. The largest absolute Gasteiger partial charge is 0.373 e. The van der Waals surface area contributed by atoms with Gasteiger partial charge >= 0.3 is 0 Å². The quantitative estimate of drug-likeness (QED) is 0.730. The lowest BCUT2D eigenvalue weighted by molar-refractivity contribution is -0.0123. The van der Waals surface area contributed by atoms with Gasteiger partial charge in [-0.15, -0.1) is 0 Å². The summed E-state index contributed by atoms with van der Waals surface area (Å²) in [6.45, 7) is 5.27. The third kappa shape index (κ3) is 2.94. The van der Waals surface area contributed by atoms with Crippen LogP contribution in [0.15, 0.2) is 48.5 Å². The van der Waals surface area contributed by atoms with Gasteiger partial charge in [0.15, 0.2) is 0 Å². The van der Waals surface area contributed by atoms with E-state index in [4.69, 9.17) is 4.74 Å². The monoisotopic (exact) mass is 266 g/mol. The average molecular weight is 266 g/mol. The predicted octanol–water partition coefficient (Wildman–Crippen LogP) is 5.15. The van der Waals surface area contributed by atoms with E-state index >= 15 is 0 Å². The van der Waals surface area contributed by atoms with Crippen LogP contribution in [0.25, 0.3) is 11.1 Å². The van der Waals surface area contributed by atoms with Gasteiger partial charge in [0.2, 0.25) is 0 Å². The summed E-state index contributed by atoms with van der Waals surface area (Å²) in [4.78, 5) is 0. The highest BCUT2D eigenvalue weighted by atomic mass is 16.5. The molecule has 1 saturated heterocycles. The molecule has 2 aromatic rings. The number of rotatable bonds is 2. The number of hydrogen-bond donors (Lipinski definition) is 0. The Morgan fingerprint density at radius 1 is 0.850 bits per heavy atom. The molecule has 1 aliphatic heterocycles. The van der Waals surface area contributed by atoms with E-state index in [9.17, 15) is 0 Å². The van der Waals surface area contributed by atoms with Crippen molar-refractivity contribution in [2.75, 3.05) is 6.61 Å². The van der Waals surface area contributed by atoms with E-state index in [0.29, 0.717) is 12.0 Å². The minimum absolute atomic E-state index is 0.290. The van der Waals surface area contributed by atoms with Crippen molar-refractivity contribution in [3.8, 4) is 11.1 Å². The van der Waals surface area contributed by atoms with Crippen molar-refractivity contribution in [1.29, 1.82) is 0 Å². The Morgan fingerprint density at radius 2 is 1.45 bits per heavy atom. The minimum Gasteiger partial charge on any atom is -0.373 e. The maximum Gasteiger partial charge on any atom is 0.0825 e. The van der Waals surface area contributed by atoms with Gasteiger partial charge in [-0.1, -0.05) is 61.0 Å². The Balaban J connectivity index is 1.76. The SMILES string of the molecule is Cc1ccc(-c2ccc(C3CC[C@@H](C)CO3)cc2)cc1. The Hall–Kier alpha value is -1.60. The summed E-state index contributed by atoms with van der Waals surface area (Å²) in [6.07, 6.45) is 2.70. The van der Waals surface area contributed by atoms with E-state index in [0.717, 1.165) is 13.0 Å². The van der Waals surface area contributed by atoms with Crippen molar-refractivity contribution in [2.45, 2.75) is 32.8 Å². The van der Waals surface area contributed by atoms with E-state index in [1.54, 1.807) is 0 Å². The Labute approximate surface area is 121 Å². The first-order chi connectivity index (χ1) is 9.72. The van der Waals surface area contributed by atoms with Crippen molar-refractivity contribution in [1.82, 2.24) is 0 Å². The smallest absolute Gasteiger partial charge is 0.0825 e.